The number of nitrogens with zero attached hydrogens (tertiary/aromatic N) is 3. The Morgan fingerprint density at radius 3 is 2.56 bits per heavy atom. The highest BCUT2D eigenvalue weighted by molar-refractivity contribution is 7.90. The van der Waals surface area contributed by atoms with E-state index >= 15 is 0 Å². The quantitative estimate of drug-likeness (QED) is 0.196. The Balaban J connectivity index is 1.93. The molecule has 0 bridgehead atoms. The Morgan fingerprint density at radius 2 is 1.94 bits per heavy atom. The molecular weight excluding hydrogens is 454 g/mol. The number of carbonyl (C=O) groups excluding carboxylic acids is 1. The Kier molecular flexibility index (Phi) is 7.08. The van der Waals surface area contributed by atoms with E-state index in [1.807, 2.05) is 6.07 Å². The van der Waals surface area contributed by atoms with Gasteiger partial charge in [0.1, 0.15) is 0 Å². The maximum atomic E-state index is 13.0. The summed E-state index contributed by atoms with van der Waals surface area (Å²) in [6.45, 7) is 0. The van der Waals surface area contributed by atoms with E-state index in [1.54, 1.807) is 6.08 Å². The van der Waals surface area contributed by atoms with Gasteiger partial charge in [-0.25, -0.2) is 12.4 Å². The summed E-state index contributed by atoms with van der Waals surface area (Å²) in [6, 6.07) is 12.2. The number of Topliss-reactive ketones (excluding diaryl/α,β-unsaturated/α-hetero) is 1. The largest absolute Gasteiger partial charge is 0.294 e. The van der Waals surface area contributed by atoms with Crippen LogP contribution in [0.25, 0.3) is 17.0 Å². The van der Waals surface area contributed by atoms with Crippen LogP contribution in [0.5, 0.6) is 0 Å². The molecule has 0 aliphatic heterocycles. The molecule has 0 amide bonds. The summed E-state index contributed by atoms with van der Waals surface area (Å²) in [5.74, 6) is -0.302. The molecule has 2 aromatic carbocycles. The van der Waals surface area contributed by atoms with Crippen molar-refractivity contribution in [3.05, 3.63) is 81.5 Å². The molecule has 1 heterocycles. The lowest BCUT2D eigenvalue weighted by molar-refractivity contribution is -0.384. The number of nitriles is 1. The van der Waals surface area contributed by atoms with Crippen molar-refractivity contribution in [3.63, 3.8) is 0 Å². The molecule has 0 saturated heterocycles. The highest BCUT2D eigenvalue weighted by Crippen LogP contribution is 2.26. The van der Waals surface area contributed by atoms with Crippen molar-refractivity contribution in [2.75, 3.05) is 11.6 Å². The van der Waals surface area contributed by atoms with Gasteiger partial charge in [-0.3, -0.25) is 14.9 Å². The number of aromatic nitrogens is 1. The van der Waals surface area contributed by atoms with E-state index in [4.69, 9.17) is 11.6 Å². The van der Waals surface area contributed by atoms with E-state index in [9.17, 15) is 28.6 Å². The van der Waals surface area contributed by atoms with Crippen LogP contribution in [0.2, 0.25) is 0 Å². The number of ketones is 1. The molecule has 32 heavy (non-hydrogen) atoms. The Bertz CT molecular complexity index is 1350. The fraction of sp³-hybridized carbons (Fsp3) is 0.182. The first-order chi connectivity index (χ1) is 15.3. The van der Waals surface area contributed by atoms with Crippen molar-refractivity contribution in [2.24, 2.45) is 0 Å². The van der Waals surface area contributed by atoms with Crippen LogP contribution >= 0.6 is 11.6 Å². The van der Waals surface area contributed by atoms with E-state index in [0.717, 1.165) is 3.97 Å². The number of nitro benzene ring substituents is 1. The van der Waals surface area contributed by atoms with Gasteiger partial charge in [0.15, 0.2) is 5.78 Å². The van der Waals surface area contributed by atoms with Crippen molar-refractivity contribution in [2.45, 2.75) is 12.8 Å². The van der Waals surface area contributed by atoms with Gasteiger partial charge < -0.3 is 0 Å². The van der Waals surface area contributed by atoms with Gasteiger partial charge in [0.05, 0.1) is 27.8 Å². The minimum Gasteiger partial charge on any atom is -0.294 e. The Labute approximate surface area is 189 Å². The smallest absolute Gasteiger partial charge is 0.269 e. The van der Waals surface area contributed by atoms with Crippen molar-refractivity contribution in [3.8, 4) is 6.07 Å². The Morgan fingerprint density at radius 1 is 1.22 bits per heavy atom. The van der Waals surface area contributed by atoms with Crippen molar-refractivity contribution >= 4 is 50.1 Å². The molecular formula is C22H18ClN3O5S. The van der Waals surface area contributed by atoms with Crippen LogP contribution in [0.3, 0.4) is 0 Å². The third-order valence-electron chi connectivity index (χ3n) is 4.76. The van der Waals surface area contributed by atoms with Crippen molar-refractivity contribution in [1.29, 1.82) is 5.26 Å². The van der Waals surface area contributed by atoms with E-state index < -0.39 is 14.9 Å². The molecule has 0 radical (unpaired) electrons. The summed E-state index contributed by atoms with van der Waals surface area (Å²) < 4.78 is 27.1. The first-order valence-corrected chi connectivity index (χ1v) is 11.7. The molecule has 164 valence electrons. The number of hydrogen-bond donors (Lipinski definition) is 0. The summed E-state index contributed by atoms with van der Waals surface area (Å²) in [7, 11) is -3.87. The van der Waals surface area contributed by atoms with Gasteiger partial charge in [-0.2, -0.15) is 5.26 Å². The molecule has 0 unspecified atom stereocenters. The van der Waals surface area contributed by atoms with Crippen LogP contribution in [0.15, 0.2) is 54.7 Å². The lowest BCUT2D eigenvalue weighted by atomic mass is 10.0. The van der Waals surface area contributed by atoms with E-state index in [0.29, 0.717) is 34.3 Å². The minimum atomic E-state index is -3.87. The fourth-order valence-electron chi connectivity index (χ4n) is 3.18. The second-order valence-corrected chi connectivity index (χ2v) is 9.20. The zero-order chi connectivity index (χ0) is 23.3. The zero-order valence-electron chi connectivity index (χ0n) is 16.8. The minimum absolute atomic E-state index is 0.0586. The van der Waals surface area contributed by atoms with Crippen LogP contribution in [-0.2, 0) is 10.0 Å². The Hall–Kier alpha value is -3.48. The summed E-state index contributed by atoms with van der Waals surface area (Å²) in [5, 5.41) is 20.3. The average Bonchev–Trinajstić information content (AvgIpc) is 3.17. The maximum absolute atomic E-state index is 13.0. The number of fused-ring (bicyclic) bond motifs is 1. The predicted molar refractivity (Wildman–Crippen MR) is 122 cm³/mol. The number of non-ortho nitro benzene ring substituents is 1. The van der Waals surface area contributed by atoms with E-state index in [2.05, 4.69) is 0 Å². The van der Waals surface area contributed by atoms with Crippen molar-refractivity contribution < 1.29 is 18.1 Å². The second-order valence-electron chi connectivity index (χ2n) is 6.93. The SMILES string of the molecule is N#Cc1ccc2c(c1)c(C(=O)CCCCl)cn2S(=O)(=O)CC=Cc1ccc([N+](=O)[O-])cc1. The van der Waals surface area contributed by atoms with Gasteiger partial charge in [-0.15, -0.1) is 11.6 Å². The zero-order valence-corrected chi connectivity index (χ0v) is 18.3. The van der Waals surface area contributed by atoms with Crippen LogP contribution in [0, 0.1) is 21.4 Å². The standard InChI is InChI=1S/C22H18ClN3O5S/c23-11-1-4-22(27)20-15-25(21-10-7-17(14-24)13-19(20)21)32(30,31)12-2-3-16-5-8-18(9-6-16)26(28)29/h2-3,5-10,13,15H,1,4,11-12H2. The van der Waals surface area contributed by atoms with Crippen LogP contribution < -0.4 is 0 Å². The average molecular weight is 472 g/mol. The van der Waals surface area contributed by atoms with Gasteiger partial charge in [0, 0.05) is 41.6 Å². The maximum Gasteiger partial charge on any atom is 0.269 e. The topological polar surface area (TPSA) is 123 Å². The molecule has 0 saturated carbocycles. The summed E-state index contributed by atoms with van der Waals surface area (Å²) in [4.78, 5) is 22.8. The molecule has 0 N–H and O–H groups in total. The van der Waals surface area contributed by atoms with E-state index in [-0.39, 0.29) is 29.2 Å². The number of carbonyl (C=O) groups is 1. The predicted octanol–water partition coefficient (Wildman–Crippen LogP) is 4.51. The summed E-state index contributed by atoms with van der Waals surface area (Å²) >= 11 is 5.67. The molecule has 0 fully saturated rings. The molecule has 8 nitrogen and oxygen atoms in total. The van der Waals surface area contributed by atoms with Crippen molar-refractivity contribution in [1.82, 2.24) is 3.97 Å². The van der Waals surface area contributed by atoms with Gasteiger partial charge in [0.25, 0.3) is 5.69 Å². The second kappa shape index (κ2) is 9.77. The van der Waals surface area contributed by atoms with Crippen LogP contribution in [0.1, 0.15) is 34.3 Å². The van der Waals surface area contributed by atoms with Crippen LogP contribution in [-0.4, -0.2) is 34.7 Å². The normalized spacial score (nSPS) is 11.6. The molecule has 1 aromatic heterocycles. The molecule has 0 aliphatic carbocycles. The summed E-state index contributed by atoms with van der Waals surface area (Å²) in [5.41, 5.74) is 1.40. The number of nitro groups is 1. The lowest BCUT2D eigenvalue weighted by Gasteiger charge is -2.05. The number of halogens is 1. The highest BCUT2D eigenvalue weighted by atomic mass is 35.5. The number of alkyl halides is 1. The monoisotopic (exact) mass is 471 g/mol. The molecule has 3 rings (SSSR count). The third kappa shape index (κ3) is 5.04. The highest BCUT2D eigenvalue weighted by Gasteiger charge is 2.21. The van der Waals surface area contributed by atoms with Gasteiger partial charge in [-0.1, -0.05) is 12.2 Å². The molecule has 3 aromatic rings. The van der Waals surface area contributed by atoms with Gasteiger partial charge >= 0.3 is 0 Å². The number of rotatable bonds is 9. The lowest BCUT2D eigenvalue weighted by Crippen LogP contribution is -2.14. The third-order valence-corrected chi connectivity index (χ3v) is 6.54. The fourth-order valence-corrected chi connectivity index (χ4v) is 4.54. The first kappa shape index (κ1) is 23.2. The molecule has 0 spiro atoms. The first-order valence-electron chi connectivity index (χ1n) is 9.55. The summed E-state index contributed by atoms with van der Waals surface area (Å²) in [6.07, 6.45) is 4.89. The van der Waals surface area contributed by atoms with E-state index in [1.165, 1.54) is 54.7 Å². The van der Waals surface area contributed by atoms with Gasteiger partial charge in [0.2, 0.25) is 10.0 Å². The molecule has 0 atom stereocenters. The molecule has 10 heteroatoms. The van der Waals surface area contributed by atoms with Crippen LogP contribution in [0.4, 0.5) is 5.69 Å². The molecule has 0 aliphatic rings. The number of benzene rings is 2. The van der Waals surface area contributed by atoms with Gasteiger partial charge in [-0.05, 0) is 42.3 Å². The number of hydrogen-bond acceptors (Lipinski definition) is 6.